The van der Waals surface area contributed by atoms with E-state index >= 15 is 0 Å². The molecule has 0 nitrogen and oxygen atoms in total. The van der Waals surface area contributed by atoms with E-state index in [2.05, 4.69) is 0 Å². The summed E-state index contributed by atoms with van der Waals surface area (Å²) in [4.78, 5) is 0. The summed E-state index contributed by atoms with van der Waals surface area (Å²) >= 11 is 16.6. The van der Waals surface area contributed by atoms with Gasteiger partial charge in [-0.1, -0.05) is 23.2 Å². The van der Waals surface area contributed by atoms with Crippen molar-refractivity contribution >= 4 is 34.8 Å². The highest BCUT2D eigenvalue weighted by Crippen LogP contribution is 2.25. The molecule has 1 rings (SSSR count). The third-order valence-corrected chi connectivity index (χ3v) is 2.06. The van der Waals surface area contributed by atoms with Crippen LogP contribution in [0, 0.1) is 5.82 Å². The average Bonchev–Trinajstić information content (AvgIpc) is 1.85. The third kappa shape index (κ3) is 1.98. The second-order valence-electron chi connectivity index (χ2n) is 1.98. The first-order valence-electron chi connectivity index (χ1n) is 2.84. The van der Waals surface area contributed by atoms with Crippen molar-refractivity contribution in [1.82, 2.24) is 0 Å². The molecule has 0 heterocycles. The van der Waals surface area contributed by atoms with Gasteiger partial charge in [-0.2, -0.15) is 0 Å². The number of rotatable bonds is 1. The molecule has 0 fully saturated rings. The predicted octanol–water partition coefficient (Wildman–Crippen LogP) is 3.87. The van der Waals surface area contributed by atoms with Gasteiger partial charge in [0.05, 0.1) is 5.88 Å². The van der Waals surface area contributed by atoms with Crippen molar-refractivity contribution in [3.63, 3.8) is 0 Å². The Bertz CT molecular complexity index is 249. The fourth-order valence-electron chi connectivity index (χ4n) is 0.700. The smallest absolute Gasteiger partial charge is 0.130 e. The van der Waals surface area contributed by atoms with Crippen molar-refractivity contribution in [2.45, 2.75) is 5.88 Å². The molecule has 11 heavy (non-hydrogen) atoms. The lowest BCUT2D eigenvalue weighted by atomic mass is 10.2. The molecule has 0 amide bonds. The van der Waals surface area contributed by atoms with Crippen LogP contribution in [-0.2, 0) is 5.88 Å². The molecule has 60 valence electrons. The largest absolute Gasteiger partial charge is 0.207 e. The molecule has 0 saturated carbocycles. The Morgan fingerprint density at radius 1 is 1.27 bits per heavy atom. The van der Waals surface area contributed by atoms with Gasteiger partial charge in [-0.25, -0.2) is 4.39 Å². The maximum atomic E-state index is 12.9. The highest BCUT2D eigenvalue weighted by molar-refractivity contribution is 6.35. The highest BCUT2D eigenvalue weighted by Gasteiger charge is 2.06. The second kappa shape index (κ2) is 3.61. The van der Waals surface area contributed by atoms with Crippen LogP contribution in [0.4, 0.5) is 4.39 Å². The summed E-state index contributed by atoms with van der Waals surface area (Å²) in [7, 11) is 0. The molecule has 4 heteroatoms. The van der Waals surface area contributed by atoms with E-state index in [1.807, 2.05) is 0 Å². The van der Waals surface area contributed by atoms with Crippen LogP contribution in [0.1, 0.15) is 5.56 Å². The Labute approximate surface area is 78.9 Å². The Morgan fingerprint density at radius 3 is 2.36 bits per heavy atom. The summed E-state index contributed by atoms with van der Waals surface area (Å²) in [6.07, 6.45) is 0. The summed E-state index contributed by atoms with van der Waals surface area (Å²) in [5.41, 5.74) is 0.290. The van der Waals surface area contributed by atoms with E-state index in [-0.39, 0.29) is 21.5 Å². The number of hydrogen-bond acceptors (Lipinski definition) is 0. The van der Waals surface area contributed by atoms with Crippen LogP contribution in [0.25, 0.3) is 0 Å². The minimum Gasteiger partial charge on any atom is -0.207 e. The summed E-state index contributed by atoms with van der Waals surface area (Å²) in [6, 6.07) is 2.65. The van der Waals surface area contributed by atoms with Crippen molar-refractivity contribution < 1.29 is 4.39 Å². The van der Waals surface area contributed by atoms with Crippen molar-refractivity contribution in [2.24, 2.45) is 0 Å². The van der Waals surface area contributed by atoms with E-state index in [4.69, 9.17) is 34.8 Å². The molecule has 1 aromatic carbocycles. The zero-order chi connectivity index (χ0) is 8.43. The maximum Gasteiger partial charge on any atom is 0.130 e. The molecule has 0 N–H and O–H groups in total. The molecule has 0 aliphatic carbocycles. The number of hydrogen-bond donors (Lipinski definition) is 0. The Morgan fingerprint density at radius 2 is 1.91 bits per heavy atom. The fraction of sp³-hybridized carbons (Fsp3) is 0.143. The van der Waals surface area contributed by atoms with Crippen LogP contribution in [0.3, 0.4) is 0 Å². The Balaban J connectivity index is 3.25. The first kappa shape index (κ1) is 9.11. The molecule has 0 aliphatic heterocycles. The SMILES string of the molecule is Fc1cc(Cl)cc(Cl)c1CCl. The van der Waals surface area contributed by atoms with Crippen molar-refractivity contribution in [2.75, 3.05) is 0 Å². The van der Waals surface area contributed by atoms with Gasteiger partial charge in [0, 0.05) is 15.6 Å². The predicted molar refractivity (Wildman–Crippen MR) is 46.0 cm³/mol. The molecule has 1 aromatic rings. The Kier molecular flexibility index (Phi) is 2.99. The van der Waals surface area contributed by atoms with Gasteiger partial charge in [0.25, 0.3) is 0 Å². The van der Waals surface area contributed by atoms with Crippen LogP contribution in [0.5, 0.6) is 0 Å². The summed E-state index contributed by atoms with van der Waals surface area (Å²) in [6.45, 7) is 0. The maximum absolute atomic E-state index is 12.9. The first-order valence-corrected chi connectivity index (χ1v) is 4.13. The van der Waals surface area contributed by atoms with Crippen LogP contribution >= 0.6 is 34.8 Å². The number of benzene rings is 1. The van der Waals surface area contributed by atoms with E-state index in [1.165, 1.54) is 12.1 Å². The van der Waals surface area contributed by atoms with Crippen LogP contribution in [0.15, 0.2) is 12.1 Å². The monoisotopic (exact) mass is 212 g/mol. The molecule has 0 saturated heterocycles. The van der Waals surface area contributed by atoms with Crippen LogP contribution in [0.2, 0.25) is 10.0 Å². The molecule has 0 atom stereocenters. The average molecular weight is 213 g/mol. The van der Waals surface area contributed by atoms with Gasteiger partial charge in [-0.15, -0.1) is 11.6 Å². The molecule has 0 spiro atoms. The van der Waals surface area contributed by atoms with Gasteiger partial charge < -0.3 is 0 Å². The molecular formula is C7H4Cl3F. The standard InChI is InChI=1S/C7H4Cl3F/c8-3-5-6(10)1-4(9)2-7(5)11/h1-2H,3H2. The van der Waals surface area contributed by atoms with E-state index in [0.29, 0.717) is 0 Å². The normalized spacial score (nSPS) is 10.2. The lowest BCUT2D eigenvalue weighted by Gasteiger charge is -2.01. The van der Waals surface area contributed by atoms with Gasteiger partial charge in [0.2, 0.25) is 0 Å². The van der Waals surface area contributed by atoms with Crippen molar-refractivity contribution in [1.29, 1.82) is 0 Å². The topological polar surface area (TPSA) is 0 Å². The molecule has 0 aromatic heterocycles. The van der Waals surface area contributed by atoms with E-state index in [0.717, 1.165) is 0 Å². The molecule has 0 radical (unpaired) electrons. The minimum atomic E-state index is -0.461. The molecular weight excluding hydrogens is 209 g/mol. The first-order chi connectivity index (χ1) is 5.15. The summed E-state index contributed by atoms with van der Waals surface area (Å²) < 4.78 is 12.9. The number of halogens is 4. The molecule has 0 bridgehead atoms. The van der Waals surface area contributed by atoms with Gasteiger partial charge in [-0.3, -0.25) is 0 Å². The zero-order valence-electron chi connectivity index (χ0n) is 5.37. The zero-order valence-corrected chi connectivity index (χ0v) is 7.64. The van der Waals surface area contributed by atoms with Gasteiger partial charge in [-0.05, 0) is 12.1 Å². The quantitative estimate of drug-likeness (QED) is 0.621. The highest BCUT2D eigenvalue weighted by atomic mass is 35.5. The van der Waals surface area contributed by atoms with Crippen LogP contribution in [-0.4, -0.2) is 0 Å². The molecule has 0 unspecified atom stereocenters. The minimum absolute atomic E-state index is 0.0574. The summed E-state index contributed by atoms with van der Waals surface area (Å²) in [5, 5.41) is 0.548. The van der Waals surface area contributed by atoms with Gasteiger partial charge in [0.15, 0.2) is 0 Å². The lowest BCUT2D eigenvalue weighted by molar-refractivity contribution is 0.617. The van der Waals surface area contributed by atoms with Crippen LogP contribution < -0.4 is 0 Å². The van der Waals surface area contributed by atoms with E-state index in [9.17, 15) is 4.39 Å². The molecule has 0 aliphatic rings. The van der Waals surface area contributed by atoms with Gasteiger partial charge >= 0.3 is 0 Å². The third-order valence-electron chi connectivity index (χ3n) is 1.24. The van der Waals surface area contributed by atoms with E-state index < -0.39 is 5.82 Å². The lowest BCUT2D eigenvalue weighted by Crippen LogP contribution is -1.87. The van der Waals surface area contributed by atoms with Gasteiger partial charge in [0.1, 0.15) is 5.82 Å². The van der Waals surface area contributed by atoms with Crippen molar-refractivity contribution in [3.8, 4) is 0 Å². The second-order valence-corrected chi connectivity index (χ2v) is 3.09. The van der Waals surface area contributed by atoms with E-state index in [1.54, 1.807) is 0 Å². The summed E-state index contributed by atoms with van der Waals surface area (Å²) in [5.74, 6) is -0.403. The Hall–Kier alpha value is 0.0200. The van der Waals surface area contributed by atoms with Crippen molar-refractivity contribution in [3.05, 3.63) is 33.6 Å². The fourth-order valence-corrected chi connectivity index (χ4v) is 1.58. The number of alkyl halides is 1.